The minimum Gasteiger partial charge on any atom is -0.455 e. The lowest BCUT2D eigenvalue weighted by Gasteiger charge is -2.37. The van der Waals surface area contributed by atoms with E-state index >= 15 is 0 Å². The zero-order valence-electron chi connectivity index (χ0n) is 28.6. The molecule has 276 valence electrons. The number of nitrogens with zero attached hydrogens (tertiary/aromatic N) is 1. The summed E-state index contributed by atoms with van der Waals surface area (Å²) in [4.78, 5) is 90.4. The molecule has 1 amide bonds. The first-order valence-electron chi connectivity index (χ1n) is 15.6. The van der Waals surface area contributed by atoms with Crippen molar-refractivity contribution in [3.63, 3.8) is 0 Å². The van der Waals surface area contributed by atoms with Crippen LogP contribution < -0.4 is 17.0 Å². The predicted molar refractivity (Wildman–Crippen MR) is 170 cm³/mol. The van der Waals surface area contributed by atoms with E-state index in [-0.39, 0.29) is 6.61 Å². The van der Waals surface area contributed by atoms with Crippen LogP contribution in [-0.2, 0) is 68.5 Å². The van der Waals surface area contributed by atoms with Crippen LogP contribution in [0.3, 0.4) is 0 Å². The minimum atomic E-state index is -1.91. The number of primary amides is 1. The van der Waals surface area contributed by atoms with Crippen LogP contribution in [0.15, 0.2) is 64.0 Å². The number of aromatic nitrogens is 2. The summed E-state index contributed by atoms with van der Waals surface area (Å²) in [6, 6.07) is 9.68. The molecule has 1 saturated heterocycles. The molecule has 8 atom stereocenters. The number of methoxy groups -OCH3 is 1. The van der Waals surface area contributed by atoms with Gasteiger partial charge in [0, 0.05) is 39.3 Å². The molecule has 4 rings (SSSR count). The quantitative estimate of drug-likeness (QED) is 0.219. The monoisotopic (exact) mass is 717 g/mol. The zero-order valence-corrected chi connectivity index (χ0v) is 28.6. The number of hydrogen-bond donors (Lipinski definition) is 2. The van der Waals surface area contributed by atoms with Crippen molar-refractivity contribution in [2.75, 3.05) is 7.11 Å². The maximum absolute atomic E-state index is 13.2. The van der Waals surface area contributed by atoms with Gasteiger partial charge in [0.05, 0.1) is 5.41 Å². The Labute approximate surface area is 290 Å². The molecule has 3 N–H and O–H groups in total. The fourth-order valence-corrected chi connectivity index (χ4v) is 5.16. The number of esters is 4. The molecule has 0 unspecified atom stereocenters. The van der Waals surface area contributed by atoms with Crippen molar-refractivity contribution in [2.45, 2.75) is 90.4 Å². The summed E-state index contributed by atoms with van der Waals surface area (Å²) < 4.78 is 46.2. The Hall–Kier alpha value is -5.33. The highest BCUT2D eigenvalue weighted by atomic mass is 16.7. The van der Waals surface area contributed by atoms with Gasteiger partial charge in [0.1, 0.15) is 18.8 Å². The fourth-order valence-electron chi connectivity index (χ4n) is 5.16. The number of aromatic amines is 1. The van der Waals surface area contributed by atoms with Gasteiger partial charge in [-0.05, 0) is 26.3 Å². The number of benzene rings is 1. The number of rotatable bonds is 12. The Kier molecular flexibility index (Phi) is 12.2. The van der Waals surface area contributed by atoms with Crippen LogP contribution in [-0.4, -0.2) is 89.4 Å². The van der Waals surface area contributed by atoms with Crippen molar-refractivity contribution in [2.24, 2.45) is 11.1 Å². The molecule has 1 aromatic carbocycles. The van der Waals surface area contributed by atoms with Crippen molar-refractivity contribution >= 4 is 29.8 Å². The lowest BCUT2D eigenvalue weighted by Crippen LogP contribution is -2.55. The Morgan fingerprint density at radius 2 is 1.61 bits per heavy atom. The van der Waals surface area contributed by atoms with Gasteiger partial charge < -0.3 is 43.6 Å². The van der Waals surface area contributed by atoms with E-state index in [1.165, 1.54) is 7.11 Å². The number of amides is 1. The van der Waals surface area contributed by atoms with Gasteiger partial charge in [-0.2, -0.15) is 0 Å². The highest BCUT2D eigenvalue weighted by Gasteiger charge is 2.56. The molecule has 1 fully saturated rings. The molecule has 2 aromatic rings. The molecule has 3 heterocycles. The van der Waals surface area contributed by atoms with Gasteiger partial charge in [0.25, 0.3) is 5.56 Å². The van der Waals surface area contributed by atoms with E-state index in [1.807, 2.05) is 0 Å². The molecule has 2 aliphatic heterocycles. The van der Waals surface area contributed by atoms with E-state index in [4.69, 9.17) is 43.6 Å². The molecule has 18 heteroatoms. The zero-order chi connectivity index (χ0) is 37.6. The lowest BCUT2D eigenvalue weighted by atomic mass is 9.97. The van der Waals surface area contributed by atoms with Gasteiger partial charge >= 0.3 is 29.6 Å². The second-order valence-electron chi connectivity index (χ2n) is 12.5. The minimum absolute atomic E-state index is 0.174. The van der Waals surface area contributed by atoms with Gasteiger partial charge in [0.2, 0.25) is 24.1 Å². The number of hydrogen-bond acceptors (Lipinski definition) is 15. The average Bonchev–Trinajstić information content (AvgIpc) is 3.40. The van der Waals surface area contributed by atoms with E-state index < -0.39 is 101 Å². The predicted octanol–water partition coefficient (Wildman–Crippen LogP) is 0.124. The summed E-state index contributed by atoms with van der Waals surface area (Å²) in [6.45, 7) is 6.66. The third-order valence-electron chi connectivity index (χ3n) is 7.51. The Balaban J connectivity index is 1.72. The van der Waals surface area contributed by atoms with E-state index in [0.29, 0.717) is 5.56 Å². The molecule has 0 saturated carbocycles. The van der Waals surface area contributed by atoms with E-state index in [0.717, 1.165) is 36.8 Å². The molecular weight excluding hydrogens is 678 g/mol. The lowest BCUT2D eigenvalue weighted by molar-refractivity contribution is -0.251. The van der Waals surface area contributed by atoms with E-state index in [2.05, 4.69) is 4.98 Å². The van der Waals surface area contributed by atoms with Crippen LogP contribution in [0.4, 0.5) is 0 Å². The van der Waals surface area contributed by atoms with Gasteiger partial charge in [0.15, 0.2) is 24.5 Å². The molecule has 0 aliphatic carbocycles. The number of carbonyl (C=O) groups excluding carboxylic acids is 5. The van der Waals surface area contributed by atoms with E-state index in [9.17, 15) is 33.6 Å². The first-order valence-corrected chi connectivity index (χ1v) is 15.6. The van der Waals surface area contributed by atoms with Gasteiger partial charge in [-0.3, -0.25) is 33.5 Å². The molecule has 0 bridgehead atoms. The summed E-state index contributed by atoms with van der Waals surface area (Å²) in [6.07, 6.45) is -10.7. The van der Waals surface area contributed by atoms with Crippen LogP contribution in [0.2, 0.25) is 0 Å². The highest BCUT2D eigenvalue weighted by Crippen LogP contribution is 2.38. The molecule has 0 spiro atoms. The van der Waals surface area contributed by atoms with E-state index in [1.54, 1.807) is 51.1 Å². The van der Waals surface area contributed by atoms with Crippen LogP contribution in [0, 0.1) is 5.41 Å². The summed E-state index contributed by atoms with van der Waals surface area (Å²) >= 11 is 0. The maximum Gasteiger partial charge on any atom is 0.373 e. The van der Waals surface area contributed by atoms with Crippen molar-refractivity contribution in [1.29, 1.82) is 0 Å². The van der Waals surface area contributed by atoms with Gasteiger partial charge in [-0.1, -0.05) is 30.3 Å². The third kappa shape index (κ3) is 9.47. The molecular formula is C33H39N3O15. The SMILES string of the molecule is CO[C@H]1[C@@H](OC(=O)C(C)(C)C)[C@H](n2ccc(=O)[nH]c2=O)O[C@@H]1[C@@H](O[C@H]1OC(C(=O)OCc2ccccc2)=C[C@H](OC(C)=O)[C@@H]1OC(C)=O)C(N)=O. The second-order valence-corrected chi connectivity index (χ2v) is 12.5. The molecule has 2 aliphatic rings. The number of carbonyl (C=O) groups is 5. The average molecular weight is 718 g/mol. The normalized spacial score (nSPS) is 25.1. The molecule has 1 aromatic heterocycles. The standard InChI is InChI=1S/C33H39N3O15/c1-16(37)46-19-14-20(29(41)45-15-18-10-8-7-9-11-18)48-30(22(19)47-17(2)38)50-25(27(34)40)24-23(44-6)26(51-31(42)33(3,4)5)28(49-24)36-13-12-21(39)35-32(36)43/h7-14,19,22-26,28,30H,15H2,1-6H3,(H2,34,40)(H,35,39,43)/t19-,22-,23+,24-,25+,26+,28+,30+/m0/s1. The Morgan fingerprint density at radius 1 is 0.941 bits per heavy atom. The van der Waals surface area contributed by atoms with Crippen LogP contribution in [0.1, 0.15) is 46.4 Å². The molecule has 0 radical (unpaired) electrons. The van der Waals surface area contributed by atoms with Crippen molar-refractivity contribution < 1.29 is 61.9 Å². The maximum atomic E-state index is 13.2. The number of nitrogens with one attached hydrogen (secondary N) is 1. The number of ether oxygens (including phenoxy) is 8. The third-order valence-corrected chi connectivity index (χ3v) is 7.51. The first kappa shape index (κ1) is 38.5. The van der Waals surface area contributed by atoms with Crippen molar-refractivity contribution in [3.05, 3.63) is 80.8 Å². The van der Waals surface area contributed by atoms with Crippen molar-refractivity contribution in [1.82, 2.24) is 9.55 Å². The topological polar surface area (TPSA) is 240 Å². The summed E-state index contributed by atoms with van der Waals surface area (Å²) in [5.41, 5.74) is 3.71. The summed E-state index contributed by atoms with van der Waals surface area (Å²) in [7, 11) is 1.20. The molecule has 51 heavy (non-hydrogen) atoms. The Bertz CT molecular complexity index is 1760. The highest BCUT2D eigenvalue weighted by molar-refractivity contribution is 5.86. The Morgan fingerprint density at radius 3 is 2.18 bits per heavy atom. The summed E-state index contributed by atoms with van der Waals surface area (Å²) in [5.74, 6) is -5.22. The van der Waals surface area contributed by atoms with Gasteiger partial charge in [-0.25, -0.2) is 9.59 Å². The van der Waals surface area contributed by atoms with Crippen LogP contribution in [0.5, 0.6) is 0 Å². The largest absolute Gasteiger partial charge is 0.455 e. The summed E-state index contributed by atoms with van der Waals surface area (Å²) in [5, 5.41) is 0. The van der Waals surface area contributed by atoms with Gasteiger partial charge in [-0.15, -0.1) is 0 Å². The first-order chi connectivity index (χ1) is 24.0. The fraction of sp³-hybridized carbons (Fsp3) is 0.485. The second kappa shape index (κ2) is 16.1. The molecule has 18 nitrogen and oxygen atoms in total. The number of H-pyrrole nitrogens is 1. The number of nitrogens with two attached hydrogens (primary N) is 1. The van der Waals surface area contributed by atoms with Crippen LogP contribution >= 0.6 is 0 Å². The smallest absolute Gasteiger partial charge is 0.373 e. The van der Waals surface area contributed by atoms with Crippen LogP contribution in [0.25, 0.3) is 0 Å². The van der Waals surface area contributed by atoms with Crippen molar-refractivity contribution in [3.8, 4) is 0 Å².